The van der Waals surface area contributed by atoms with Crippen molar-refractivity contribution in [1.29, 1.82) is 0 Å². The first-order chi connectivity index (χ1) is 13.2. The van der Waals surface area contributed by atoms with E-state index in [1.165, 1.54) is 12.1 Å². The molecule has 0 unspecified atom stereocenters. The van der Waals surface area contributed by atoms with E-state index < -0.39 is 14.9 Å². The summed E-state index contributed by atoms with van der Waals surface area (Å²) in [5.74, 6) is 1.31. The van der Waals surface area contributed by atoms with Gasteiger partial charge in [0.15, 0.2) is 0 Å². The minimum atomic E-state index is -3.94. The van der Waals surface area contributed by atoms with Crippen LogP contribution in [0.4, 0.5) is 5.69 Å². The van der Waals surface area contributed by atoms with Gasteiger partial charge in [-0.25, -0.2) is 13.1 Å². The van der Waals surface area contributed by atoms with Gasteiger partial charge in [0, 0.05) is 35.7 Å². The molecule has 0 radical (unpaired) electrons. The second-order valence-corrected chi connectivity index (χ2v) is 8.43. The average Bonchev–Trinajstić information content (AvgIpc) is 2.99. The molecular formula is C19H22N2O6S. The number of rotatable bonds is 7. The number of ether oxygens (including phenoxy) is 2. The number of hydrogen-bond donors (Lipinski definition) is 1. The Labute approximate surface area is 163 Å². The normalized spacial score (nSPS) is 15.8. The number of nitrogens with zero attached hydrogens (tertiary/aromatic N) is 1. The largest absolute Gasteiger partial charge is 0.494 e. The lowest BCUT2D eigenvalue weighted by Crippen LogP contribution is -2.23. The molecule has 0 fully saturated rings. The number of aryl methyl sites for hydroxylation is 1. The van der Waals surface area contributed by atoms with E-state index in [0.29, 0.717) is 23.5 Å². The van der Waals surface area contributed by atoms with Gasteiger partial charge in [-0.1, -0.05) is 6.07 Å². The van der Waals surface area contributed by atoms with Crippen molar-refractivity contribution >= 4 is 15.7 Å². The van der Waals surface area contributed by atoms with Crippen LogP contribution < -0.4 is 14.2 Å². The molecule has 1 heterocycles. The Bertz CT molecular complexity index is 1020. The molecule has 0 saturated heterocycles. The summed E-state index contributed by atoms with van der Waals surface area (Å²) in [5.41, 5.74) is 1.82. The number of nitro benzene ring substituents is 1. The zero-order valence-electron chi connectivity index (χ0n) is 15.9. The molecular weight excluding hydrogens is 384 g/mol. The van der Waals surface area contributed by atoms with E-state index in [0.717, 1.165) is 23.8 Å². The molecule has 0 amide bonds. The van der Waals surface area contributed by atoms with E-state index in [1.54, 1.807) is 13.0 Å². The van der Waals surface area contributed by atoms with Gasteiger partial charge in [-0.3, -0.25) is 10.1 Å². The maximum Gasteiger partial charge on any atom is 0.273 e. The van der Waals surface area contributed by atoms with Crippen molar-refractivity contribution < 1.29 is 22.8 Å². The molecule has 150 valence electrons. The molecule has 2 aromatic rings. The molecule has 0 aromatic heterocycles. The molecule has 0 bridgehead atoms. The Morgan fingerprint density at radius 1 is 1.32 bits per heavy atom. The lowest BCUT2D eigenvalue weighted by molar-refractivity contribution is -0.385. The van der Waals surface area contributed by atoms with E-state index in [1.807, 2.05) is 19.9 Å². The van der Waals surface area contributed by atoms with Crippen molar-refractivity contribution in [3.05, 3.63) is 57.1 Å². The minimum Gasteiger partial charge on any atom is -0.494 e. The Kier molecular flexibility index (Phi) is 5.57. The number of nitrogens with one attached hydrogen (secondary N) is 1. The van der Waals surface area contributed by atoms with E-state index in [9.17, 15) is 18.5 Å². The number of fused-ring (bicyclic) bond motifs is 1. The van der Waals surface area contributed by atoms with Crippen LogP contribution in [-0.2, 0) is 23.0 Å². The lowest BCUT2D eigenvalue weighted by atomic mass is 10.1. The zero-order chi connectivity index (χ0) is 20.5. The summed E-state index contributed by atoms with van der Waals surface area (Å²) in [7, 11) is -3.94. The van der Waals surface area contributed by atoms with Crippen molar-refractivity contribution in [2.75, 3.05) is 6.61 Å². The highest BCUT2D eigenvalue weighted by Gasteiger charge is 2.24. The van der Waals surface area contributed by atoms with Crippen LogP contribution in [0.1, 0.15) is 30.5 Å². The maximum atomic E-state index is 12.6. The Hall–Kier alpha value is -2.65. The van der Waals surface area contributed by atoms with Crippen LogP contribution in [0, 0.1) is 17.0 Å². The fourth-order valence-corrected chi connectivity index (χ4v) is 4.14. The topological polar surface area (TPSA) is 108 Å². The van der Waals surface area contributed by atoms with Gasteiger partial charge < -0.3 is 9.47 Å². The first kappa shape index (κ1) is 20.1. The lowest BCUT2D eigenvalue weighted by Gasteiger charge is -2.14. The maximum absolute atomic E-state index is 12.6. The summed E-state index contributed by atoms with van der Waals surface area (Å²) < 4.78 is 39.2. The first-order valence-corrected chi connectivity index (χ1v) is 10.4. The predicted octanol–water partition coefficient (Wildman–Crippen LogP) is 3.10. The van der Waals surface area contributed by atoms with Crippen molar-refractivity contribution in [2.24, 2.45) is 0 Å². The molecule has 9 heteroatoms. The van der Waals surface area contributed by atoms with Crippen molar-refractivity contribution in [1.82, 2.24) is 4.72 Å². The third-order valence-corrected chi connectivity index (χ3v) is 5.92. The van der Waals surface area contributed by atoms with Crippen LogP contribution in [0.3, 0.4) is 0 Å². The zero-order valence-corrected chi connectivity index (χ0v) is 16.7. The van der Waals surface area contributed by atoms with Gasteiger partial charge in [-0.05, 0) is 39.0 Å². The summed E-state index contributed by atoms with van der Waals surface area (Å²) >= 11 is 0. The molecule has 0 saturated carbocycles. The van der Waals surface area contributed by atoms with Gasteiger partial charge in [-0.2, -0.15) is 0 Å². The Morgan fingerprint density at radius 2 is 2.07 bits per heavy atom. The van der Waals surface area contributed by atoms with Crippen LogP contribution in [-0.4, -0.2) is 26.1 Å². The second kappa shape index (κ2) is 7.76. The molecule has 0 spiro atoms. The summed E-state index contributed by atoms with van der Waals surface area (Å²) in [6.07, 6.45) is 0.832. The number of hydrogen-bond acceptors (Lipinski definition) is 6. The Morgan fingerprint density at radius 3 is 2.75 bits per heavy atom. The fraction of sp³-hybridized carbons (Fsp3) is 0.368. The number of nitro groups is 1. The second-order valence-electron chi connectivity index (χ2n) is 6.66. The average molecular weight is 406 g/mol. The van der Waals surface area contributed by atoms with Crippen molar-refractivity contribution in [3.8, 4) is 11.5 Å². The van der Waals surface area contributed by atoms with Gasteiger partial charge in [0.1, 0.15) is 17.6 Å². The van der Waals surface area contributed by atoms with Crippen LogP contribution in [0.25, 0.3) is 0 Å². The van der Waals surface area contributed by atoms with Gasteiger partial charge in [0.2, 0.25) is 10.0 Å². The fourth-order valence-electron chi connectivity index (χ4n) is 3.12. The van der Waals surface area contributed by atoms with Crippen molar-refractivity contribution in [2.45, 2.75) is 44.7 Å². The van der Waals surface area contributed by atoms with Crippen molar-refractivity contribution in [3.63, 3.8) is 0 Å². The molecule has 3 rings (SSSR count). The van der Waals surface area contributed by atoms with E-state index in [2.05, 4.69) is 4.72 Å². The smallest absolute Gasteiger partial charge is 0.273 e. The van der Waals surface area contributed by atoms with E-state index in [4.69, 9.17) is 9.47 Å². The van der Waals surface area contributed by atoms with Crippen LogP contribution >= 0.6 is 0 Å². The molecule has 2 aromatic carbocycles. The molecule has 1 N–H and O–H groups in total. The minimum absolute atomic E-state index is 0.0235. The van der Waals surface area contributed by atoms with Gasteiger partial charge in [-0.15, -0.1) is 0 Å². The van der Waals surface area contributed by atoms with E-state index >= 15 is 0 Å². The third kappa shape index (κ3) is 4.10. The SMILES string of the molecule is CCOc1cc2c(cc1CNS(=O)(=O)c1ccc(C)c([N+](=O)[O-])c1)O[C@H](C)C2. The summed E-state index contributed by atoms with van der Waals surface area (Å²) in [5, 5.41) is 11.1. The highest BCUT2D eigenvalue weighted by atomic mass is 32.2. The standard InChI is InChI=1S/C19H22N2O6S/c1-4-26-18-8-14-7-13(3)27-19(14)9-15(18)11-20-28(24,25)16-6-5-12(2)17(10-16)21(22)23/h5-6,8-10,13,20H,4,7,11H2,1-3H3/t13-/m1/s1. The molecule has 0 aliphatic carbocycles. The predicted molar refractivity (Wildman–Crippen MR) is 103 cm³/mol. The van der Waals surface area contributed by atoms with Crippen LogP contribution in [0.5, 0.6) is 11.5 Å². The quantitative estimate of drug-likeness (QED) is 0.559. The van der Waals surface area contributed by atoms with Gasteiger partial charge in [0.25, 0.3) is 5.69 Å². The summed E-state index contributed by atoms with van der Waals surface area (Å²) in [6.45, 7) is 5.80. The molecule has 1 aliphatic heterocycles. The molecule has 1 aliphatic rings. The van der Waals surface area contributed by atoms with Gasteiger partial charge in [0.05, 0.1) is 16.4 Å². The summed E-state index contributed by atoms with van der Waals surface area (Å²) in [6, 6.07) is 7.49. The highest BCUT2D eigenvalue weighted by molar-refractivity contribution is 7.89. The molecule has 28 heavy (non-hydrogen) atoms. The summed E-state index contributed by atoms with van der Waals surface area (Å²) in [4.78, 5) is 10.3. The first-order valence-electron chi connectivity index (χ1n) is 8.91. The van der Waals surface area contributed by atoms with E-state index in [-0.39, 0.29) is 23.2 Å². The molecule has 8 nitrogen and oxygen atoms in total. The highest BCUT2D eigenvalue weighted by Crippen LogP contribution is 2.35. The number of sulfonamides is 1. The van der Waals surface area contributed by atoms with Gasteiger partial charge >= 0.3 is 0 Å². The Balaban J connectivity index is 1.86. The molecule has 1 atom stereocenters. The third-order valence-electron chi connectivity index (χ3n) is 4.52. The monoisotopic (exact) mass is 406 g/mol. The van der Waals surface area contributed by atoms with Crippen LogP contribution in [0.15, 0.2) is 35.2 Å². The van der Waals surface area contributed by atoms with Crippen LogP contribution in [0.2, 0.25) is 0 Å². The number of benzene rings is 2.